The van der Waals surface area contributed by atoms with Gasteiger partial charge in [-0.25, -0.2) is 13.1 Å². The number of amides is 1. The summed E-state index contributed by atoms with van der Waals surface area (Å²) in [7, 11) is -3.66. The minimum absolute atomic E-state index is 0.0780. The Labute approximate surface area is 170 Å². The highest BCUT2D eigenvalue weighted by molar-refractivity contribution is 7.89. The summed E-state index contributed by atoms with van der Waals surface area (Å²) >= 11 is 0. The third-order valence-electron chi connectivity index (χ3n) is 4.99. The monoisotopic (exact) mass is 410 g/mol. The van der Waals surface area contributed by atoms with Gasteiger partial charge in [0.1, 0.15) is 5.76 Å². The summed E-state index contributed by atoms with van der Waals surface area (Å²) < 4.78 is 32.3. The molecule has 6 nitrogen and oxygen atoms in total. The number of furan rings is 1. The van der Waals surface area contributed by atoms with Crippen molar-refractivity contribution < 1.29 is 17.6 Å². The molecule has 1 aliphatic rings. The lowest BCUT2D eigenvalue weighted by molar-refractivity contribution is -0.115. The molecule has 1 heterocycles. The maximum Gasteiger partial charge on any atom is 0.240 e. The topological polar surface area (TPSA) is 88.4 Å². The Balaban J connectivity index is 1.35. The van der Waals surface area contributed by atoms with E-state index in [4.69, 9.17) is 4.42 Å². The van der Waals surface area contributed by atoms with Crippen LogP contribution in [0.3, 0.4) is 0 Å². The zero-order valence-electron chi connectivity index (χ0n) is 15.9. The van der Waals surface area contributed by atoms with Crippen LogP contribution in [0.15, 0.2) is 70.2 Å². The van der Waals surface area contributed by atoms with Gasteiger partial charge in [0, 0.05) is 5.69 Å². The van der Waals surface area contributed by atoms with E-state index in [-0.39, 0.29) is 23.8 Å². The van der Waals surface area contributed by atoms with E-state index in [0.29, 0.717) is 11.4 Å². The summed E-state index contributed by atoms with van der Waals surface area (Å²) in [6.45, 7) is 0.0780. The first kappa shape index (κ1) is 19.4. The standard InChI is InChI=1S/C22H22N2O4S/c25-22(14-16-6-7-17-3-1-4-18(17)13-16)24-19-8-10-21(11-9-19)29(26,27)23-15-20-5-2-12-28-20/h2,5-13,23H,1,3-4,14-15H2,(H,24,25). The molecule has 1 aromatic heterocycles. The molecule has 1 amide bonds. The van der Waals surface area contributed by atoms with Crippen LogP contribution in [-0.2, 0) is 40.6 Å². The second kappa shape index (κ2) is 8.23. The van der Waals surface area contributed by atoms with Crippen LogP contribution in [0.4, 0.5) is 5.69 Å². The van der Waals surface area contributed by atoms with Crippen molar-refractivity contribution in [1.29, 1.82) is 0 Å². The number of carbonyl (C=O) groups excluding carboxylic acids is 1. The van der Waals surface area contributed by atoms with Crippen LogP contribution < -0.4 is 10.0 Å². The summed E-state index contributed by atoms with van der Waals surface area (Å²) in [6, 6.07) is 15.7. The summed E-state index contributed by atoms with van der Waals surface area (Å²) in [5.41, 5.74) is 4.27. The minimum atomic E-state index is -3.66. The molecule has 0 saturated heterocycles. The van der Waals surface area contributed by atoms with Crippen LogP contribution in [0, 0.1) is 0 Å². The van der Waals surface area contributed by atoms with E-state index >= 15 is 0 Å². The van der Waals surface area contributed by atoms with Crippen molar-refractivity contribution in [3.8, 4) is 0 Å². The Kier molecular flexibility index (Phi) is 5.51. The van der Waals surface area contributed by atoms with E-state index < -0.39 is 10.0 Å². The van der Waals surface area contributed by atoms with E-state index in [1.54, 1.807) is 24.3 Å². The Morgan fingerprint density at radius 2 is 1.79 bits per heavy atom. The van der Waals surface area contributed by atoms with E-state index in [1.165, 1.54) is 35.9 Å². The van der Waals surface area contributed by atoms with Gasteiger partial charge < -0.3 is 9.73 Å². The summed E-state index contributed by atoms with van der Waals surface area (Å²) in [4.78, 5) is 12.5. The van der Waals surface area contributed by atoms with Crippen LogP contribution in [-0.4, -0.2) is 14.3 Å². The summed E-state index contributed by atoms with van der Waals surface area (Å²) in [6.07, 6.45) is 5.15. The molecule has 0 radical (unpaired) electrons. The van der Waals surface area contributed by atoms with Crippen molar-refractivity contribution in [3.63, 3.8) is 0 Å². The Bertz CT molecular complexity index is 1100. The molecular formula is C22H22N2O4S. The third kappa shape index (κ3) is 4.75. The molecule has 0 unspecified atom stereocenters. The fourth-order valence-electron chi connectivity index (χ4n) is 3.51. The smallest absolute Gasteiger partial charge is 0.240 e. The molecular weight excluding hydrogens is 388 g/mol. The molecule has 7 heteroatoms. The zero-order chi connectivity index (χ0) is 20.3. The Hall–Kier alpha value is -2.90. The van der Waals surface area contributed by atoms with Gasteiger partial charge in [-0.2, -0.15) is 0 Å². The highest BCUT2D eigenvalue weighted by Crippen LogP contribution is 2.23. The molecule has 0 spiro atoms. The van der Waals surface area contributed by atoms with Crippen LogP contribution in [0.1, 0.15) is 28.9 Å². The number of aryl methyl sites for hydroxylation is 2. The van der Waals surface area contributed by atoms with Gasteiger partial charge >= 0.3 is 0 Å². The average Bonchev–Trinajstić information content (AvgIpc) is 3.38. The predicted octanol–water partition coefficient (Wildman–Crippen LogP) is 3.43. The van der Waals surface area contributed by atoms with Crippen molar-refractivity contribution >= 4 is 21.6 Å². The van der Waals surface area contributed by atoms with E-state index in [1.807, 2.05) is 6.07 Å². The molecule has 3 aromatic rings. The minimum Gasteiger partial charge on any atom is -0.468 e. The number of hydrogen-bond acceptors (Lipinski definition) is 4. The van der Waals surface area contributed by atoms with Crippen molar-refractivity contribution in [2.24, 2.45) is 0 Å². The zero-order valence-corrected chi connectivity index (χ0v) is 16.7. The lowest BCUT2D eigenvalue weighted by atomic mass is 10.0. The lowest BCUT2D eigenvalue weighted by Crippen LogP contribution is -2.23. The largest absolute Gasteiger partial charge is 0.468 e. The first-order valence-corrected chi connectivity index (χ1v) is 11.0. The third-order valence-corrected chi connectivity index (χ3v) is 6.41. The molecule has 1 aliphatic carbocycles. The maximum atomic E-state index is 12.4. The first-order chi connectivity index (χ1) is 14.0. The Morgan fingerprint density at radius 3 is 2.55 bits per heavy atom. The SMILES string of the molecule is O=C(Cc1ccc2c(c1)CCC2)Nc1ccc(S(=O)(=O)NCc2ccco2)cc1. The van der Waals surface area contributed by atoms with Gasteiger partial charge in [0.25, 0.3) is 0 Å². The highest BCUT2D eigenvalue weighted by Gasteiger charge is 2.15. The number of nitrogens with one attached hydrogen (secondary N) is 2. The van der Waals surface area contributed by atoms with E-state index in [9.17, 15) is 13.2 Å². The van der Waals surface area contributed by atoms with Gasteiger partial charge in [0.05, 0.1) is 24.1 Å². The maximum absolute atomic E-state index is 12.4. The molecule has 2 N–H and O–H groups in total. The predicted molar refractivity (Wildman–Crippen MR) is 110 cm³/mol. The van der Waals surface area contributed by atoms with Gasteiger partial charge in [-0.05, 0) is 72.4 Å². The van der Waals surface area contributed by atoms with Gasteiger partial charge in [0.2, 0.25) is 15.9 Å². The van der Waals surface area contributed by atoms with Gasteiger partial charge in [-0.3, -0.25) is 4.79 Å². The van der Waals surface area contributed by atoms with Gasteiger partial charge in [-0.1, -0.05) is 18.2 Å². The normalized spacial score (nSPS) is 13.2. The fraction of sp³-hybridized carbons (Fsp3) is 0.227. The van der Waals surface area contributed by atoms with Gasteiger partial charge in [-0.15, -0.1) is 0 Å². The molecule has 2 aromatic carbocycles. The molecule has 150 valence electrons. The van der Waals surface area contributed by atoms with E-state index in [0.717, 1.165) is 18.4 Å². The molecule has 0 fully saturated rings. The fourth-order valence-corrected chi connectivity index (χ4v) is 4.50. The number of hydrogen-bond donors (Lipinski definition) is 2. The van der Waals surface area contributed by atoms with Crippen molar-refractivity contribution in [2.45, 2.75) is 37.1 Å². The van der Waals surface area contributed by atoms with Crippen molar-refractivity contribution in [1.82, 2.24) is 4.72 Å². The number of benzene rings is 2. The van der Waals surface area contributed by atoms with Crippen LogP contribution in [0.2, 0.25) is 0 Å². The van der Waals surface area contributed by atoms with Gasteiger partial charge in [0.15, 0.2) is 0 Å². The van der Waals surface area contributed by atoms with Crippen LogP contribution in [0.5, 0.6) is 0 Å². The molecule has 0 bridgehead atoms. The van der Waals surface area contributed by atoms with Crippen LogP contribution >= 0.6 is 0 Å². The molecule has 29 heavy (non-hydrogen) atoms. The second-order valence-electron chi connectivity index (χ2n) is 7.11. The number of carbonyl (C=O) groups is 1. The number of sulfonamides is 1. The molecule has 0 aliphatic heterocycles. The molecule has 0 atom stereocenters. The van der Waals surface area contributed by atoms with Crippen molar-refractivity contribution in [3.05, 3.63) is 83.3 Å². The number of rotatable bonds is 7. The first-order valence-electron chi connectivity index (χ1n) is 9.52. The summed E-state index contributed by atoms with van der Waals surface area (Å²) in [5, 5.41) is 2.82. The van der Waals surface area contributed by atoms with Crippen LogP contribution in [0.25, 0.3) is 0 Å². The number of anilines is 1. The molecule has 0 saturated carbocycles. The Morgan fingerprint density at radius 1 is 1.00 bits per heavy atom. The van der Waals surface area contributed by atoms with E-state index in [2.05, 4.69) is 22.2 Å². The summed E-state index contributed by atoms with van der Waals surface area (Å²) in [5.74, 6) is 0.401. The average molecular weight is 410 g/mol. The lowest BCUT2D eigenvalue weighted by Gasteiger charge is -2.09. The second-order valence-corrected chi connectivity index (χ2v) is 8.88. The quantitative estimate of drug-likeness (QED) is 0.625. The highest BCUT2D eigenvalue weighted by atomic mass is 32.2. The van der Waals surface area contributed by atoms with Crippen molar-refractivity contribution in [2.75, 3.05) is 5.32 Å². The molecule has 4 rings (SSSR count). The number of fused-ring (bicyclic) bond motifs is 1.